The molecule has 1 aromatic carbocycles. The predicted molar refractivity (Wildman–Crippen MR) is 138 cm³/mol. The first-order valence-electron chi connectivity index (χ1n) is 11.2. The third-order valence-corrected chi connectivity index (χ3v) is 7.00. The molecule has 1 N–H and O–H groups in total. The molecular weight excluding hydrogens is 499 g/mol. The lowest BCUT2D eigenvalue weighted by Gasteiger charge is -2.43. The van der Waals surface area contributed by atoms with Crippen LogP contribution in [0.15, 0.2) is 48.0 Å². The van der Waals surface area contributed by atoms with Gasteiger partial charge in [0.05, 0.1) is 12.4 Å². The van der Waals surface area contributed by atoms with Crippen molar-refractivity contribution in [1.29, 1.82) is 0 Å². The molecule has 2 unspecified atom stereocenters. The van der Waals surface area contributed by atoms with Crippen LogP contribution in [0.1, 0.15) is 44.4 Å². The van der Waals surface area contributed by atoms with Crippen LogP contribution in [0.2, 0.25) is 0 Å². The van der Waals surface area contributed by atoms with E-state index in [4.69, 9.17) is 0 Å². The summed E-state index contributed by atoms with van der Waals surface area (Å²) in [6.07, 6.45) is 8.19. The predicted octanol–water partition coefficient (Wildman–Crippen LogP) is 3.80. The fourth-order valence-electron chi connectivity index (χ4n) is 4.85. The number of guanidine groups is 1. The summed E-state index contributed by atoms with van der Waals surface area (Å²) in [5.41, 5.74) is 3.02. The number of nitrogens with zero attached hydrogens (tertiary/aromatic N) is 5. The summed E-state index contributed by atoms with van der Waals surface area (Å²) in [6, 6.07) is 9.29. The van der Waals surface area contributed by atoms with E-state index < -0.39 is 0 Å². The Kier molecular flexibility index (Phi) is 8.02. The van der Waals surface area contributed by atoms with Gasteiger partial charge in [-0.25, -0.2) is 4.98 Å². The van der Waals surface area contributed by atoms with Gasteiger partial charge in [0.1, 0.15) is 0 Å². The van der Waals surface area contributed by atoms with Gasteiger partial charge < -0.3 is 14.8 Å². The van der Waals surface area contributed by atoms with Gasteiger partial charge in [0.15, 0.2) is 5.96 Å². The fraction of sp³-hybridized carbons (Fsp3) is 0.583. The standard InChI is InChI=1S/C24H36N6.HI/c1-19-9-12-28(16-22(19)29-14-11-26-18-29)23(25-4)27-17-24(2,3)30-13-10-20-7-5-6-8-21(20)15-30;/h5-8,11,14,18-19,22H,9-10,12-13,15-17H2,1-4H3,(H,25,27);1H. The maximum atomic E-state index is 4.62. The molecule has 1 aromatic heterocycles. The summed E-state index contributed by atoms with van der Waals surface area (Å²) >= 11 is 0. The van der Waals surface area contributed by atoms with Crippen molar-refractivity contribution in [3.05, 3.63) is 54.1 Å². The monoisotopic (exact) mass is 536 g/mol. The van der Waals surface area contributed by atoms with Crippen LogP contribution in [0, 0.1) is 5.92 Å². The highest BCUT2D eigenvalue weighted by Gasteiger charge is 2.32. The van der Waals surface area contributed by atoms with Crippen LogP contribution in [0.4, 0.5) is 0 Å². The minimum atomic E-state index is 0. The Morgan fingerprint density at radius 1 is 1.23 bits per heavy atom. The number of piperidine rings is 1. The lowest BCUT2D eigenvalue weighted by molar-refractivity contribution is 0.105. The van der Waals surface area contributed by atoms with Gasteiger partial charge in [0.25, 0.3) is 0 Å². The van der Waals surface area contributed by atoms with Crippen molar-refractivity contribution < 1.29 is 0 Å². The molecule has 31 heavy (non-hydrogen) atoms. The van der Waals surface area contributed by atoms with Crippen molar-refractivity contribution in [1.82, 2.24) is 24.7 Å². The van der Waals surface area contributed by atoms with E-state index in [1.165, 1.54) is 11.1 Å². The molecule has 0 aliphatic carbocycles. The topological polar surface area (TPSA) is 48.7 Å². The third kappa shape index (κ3) is 5.42. The Morgan fingerprint density at radius 3 is 2.71 bits per heavy atom. The lowest BCUT2D eigenvalue weighted by Crippen LogP contribution is -2.56. The van der Waals surface area contributed by atoms with Gasteiger partial charge in [-0.1, -0.05) is 31.2 Å². The van der Waals surface area contributed by atoms with E-state index in [1.807, 2.05) is 19.6 Å². The van der Waals surface area contributed by atoms with Gasteiger partial charge in [0, 0.05) is 57.7 Å². The number of aliphatic imine (C=N–C) groups is 1. The average molecular weight is 537 g/mol. The molecule has 2 aromatic rings. The fourth-order valence-corrected chi connectivity index (χ4v) is 4.85. The van der Waals surface area contributed by atoms with E-state index in [-0.39, 0.29) is 29.5 Å². The van der Waals surface area contributed by atoms with Gasteiger partial charge in [-0.05, 0) is 43.7 Å². The molecular formula is C24H37IN6. The van der Waals surface area contributed by atoms with Crippen LogP contribution >= 0.6 is 24.0 Å². The Hall–Kier alpha value is -1.61. The molecule has 0 spiro atoms. The highest BCUT2D eigenvalue weighted by Crippen LogP contribution is 2.28. The molecule has 170 valence electrons. The summed E-state index contributed by atoms with van der Waals surface area (Å²) < 4.78 is 2.25. The number of benzene rings is 1. The molecule has 0 amide bonds. The number of likely N-dealkylation sites (tertiary alicyclic amines) is 1. The Labute approximate surface area is 204 Å². The zero-order valence-corrected chi connectivity index (χ0v) is 21.6. The molecule has 0 radical (unpaired) electrons. The molecule has 2 aliphatic rings. The van der Waals surface area contributed by atoms with Crippen molar-refractivity contribution in [2.45, 2.75) is 51.7 Å². The molecule has 1 saturated heterocycles. The molecule has 0 bridgehead atoms. The number of imidazole rings is 1. The van der Waals surface area contributed by atoms with Crippen LogP contribution in [0.3, 0.4) is 0 Å². The van der Waals surface area contributed by atoms with Crippen LogP contribution in [0.25, 0.3) is 0 Å². The van der Waals surface area contributed by atoms with Crippen LogP contribution < -0.4 is 5.32 Å². The average Bonchev–Trinajstić information content (AvgIpc) is 3.29. The lowest BCUT2D eigenvalue weighted by atomic mass is 9.93. The second-order valence-electron chi connectivity index (χ2n) is 9.44. The molecule has 7 heteroatoms. The van der Waals surface area contributed by atoms with Crippen LogP contribution in [0.5, 0.6) is 0 Å². The number of rotatable bonds is 4. The number of hydrogen-bond donors (Lipinski definition) is 1. The number of fused-ring (bicyclic) bond motifs is 1. The van der Waals surface area contributed by atoms with Crippen molar-refractivity contribution in [2.75, 3.05) is 33.2 Å². The summed E-state index contributed by atoms with van der Waals surface area (Å²) in [7, 11) is 1.90. The van der Waals surface area contributed by atoms with Gasteiger partial charge in [-0.3, -0.25) is 9.89 Å². The normalized spacial score (nSPS) is 22.6. The molecule has 2 atom stereocenters. The highest BCUT2D eigenvalue weighted by atomic mass is 127. The number of aromatic nitrogens is 2. The summed E-state index contributed by atoms with van der Waals surface area (Å²) in [5, 5.41) is 3.69. The van der Waals surface area contributed by atoms with E-state index in [2.05, 4.69) is 80.9 Å². The minimum absolute atomic E-state index is 0. The zero-order chi connectivity index (χ0) is 21.1. The maximum Gasteiger partial charge on any atom is 0.193 e. The van der Waals surface area contributed by atoms with Gasteiger partial charge in [-0.15, -0.1) is 24.0 Å². The quantitative estimate of drug-likeness (QED) is 0.367. The van der Waals surface area contributed by atoms with Crippen molar-refractivity contribution in [3.63, 3.8) is 0 Å². The number of nitrogens with one attached hydrogen (secondary N) is 1. The smallest absolute Gasteiger partial charge is 0.193 e. The highest BCUT2D eigenvalue weighted by molar-refractivity contribution is 14.0. The van der Waals surface area contributed by atoms with Crippen LogP contribution in [-0.2, 0) is 13.0 Å². The molecule has 0 saturated carbocycles. The number of halogens is 1. The van der Waals surface area contributed by atoms with Crippen molar-refractivity contribution >= 4 is 29.9 Å². The maximum absolute atomic E-state index is 4.62. The molecule has 6 nitrogen and oxygen atoms in total. The largest absolute Gasteiger partial charge is 0.354 e. The molecule has 2 aliphatic heterocycles. The first-order chi connectivity index (χ1) is 14.5. The molecule has 4 rings (SSSR count). The van der Waals surface area contributed by atoms with E-state index in [0.29, 0.717) is 12.0 Å². The molecule has 3 heterocycles. The summed E-state index contributed by atoms with van der Waals surface area (Å²) in [5.74, 6) is 1.65. The molecule has 1 fully saturated rings. The van der Waals surface area contributed by atoms with Crippen LogP contribution in [-0.4, -0.2) is 64.1 Å². The second-order valence-corrected chi connectivity index (χ2v) is 9.44. The first kappa shape index (κ1) is 24.0. The summed E-state index contributed by atoms with van der Waals surface area (Å²) in [4.78, 5) is 13.9. The van der Waals surface area contributed by atoms with Gasteiger partial charge in [-0.2, -0.15) is 0 Å². The van der Waals surface area contributed by atoms with Crippen molar-refractivity contribution in [3.8, 4) is 0 Å². The Morgan fingerprint density at radius 2 is 2.00 bits per heavy atom. The van der Waals surface area contributed by atoms with Gasteiger partial charge >= 0.3 is 0 Å². The van der Waals surface area contributed by atoms with Gasteiger partial charge in [0.2, 0.25) is 0 Å². The third-order valence-electron chi connectivity index (χ3n) is 7.00. The first-order valence-corrected chi connectivity index (χ1v) is 11.2. The summed E-state index contributed by atoms with van der Waals surface area (Å²) in [6.45, 7) is 12.0. The minimum Gasteiger partial charge on any atom is -0.354 e. The van der Waals surface area contributed by atoms with E-state index in [1.54, 1.807) is 0 Å². The Balaban J connectivity index is 0.00000272. The van der Waals surface area contributed by atoms with E-state index in [9.17, 15) is 0 Å². The zero-order valence-electron chi connectivity index (χ0n) is 19.3. The number of hydrogen-bond acceptors (Lipinski definition) is 3. The SMILES string of the molecule is CN=C(NCC(C)(C)N1CCc2ccccc2C1)N1CCC(C)C(n2ccnc2)C1.I. The Bertz CT molecular complexity index is 863. The second kappa shape index (κ2) is 10.3. The van der Waals surface area contributed by atoms with E-state index in [0.717, 1.165) is 51.5 Å². The van der Waals surface area contributed by atoms with Crippen molar-refractivity contribution in [2.24, 2.45) is 10.9 Å². The van der Waals surface area contributed by atoms with E-state index >= 15 is 0 Å².